The molecule has 0 aliphatic carbocycles. The summed E-state index contributed by atoms with van der Waals surface area (Å²) in [4.78, 5) is 13.1. The Bertz CT molecular complexity index is 1200. The average molecular weight is 397 g/mol. The molecule has 4 rings (SSSR count). The Balaban J connectivity index is 1.83. The molecule has 0 aromatic heterocycles. The van der Waals surface area contributed by atoms with Crippen LogP contribution in [0.25, 0.3) is 10.8 Å². The maximum Gasteiger partial charge on any atom is 0.252 e. The van der Waals surface area contributed by atoms with Crippen LogP contribution in [0, 0.1) is 6.92 Å². The molecule has 0 fully saturated rings. The van der Waals surface area contributed by atoms with Gasteiger partial charge in [-0.05, 0) is 47.5 Å². The molecule has 0 saturated heterocycles. The monoisotopic (exact) mass is 397 g/mol. The second-order valence-electron chi connectivity index (χ2n) is 7.27. The first-order chi connectivity index (χ1) is 14.6. The first kappa shape index (κ1) is 19.5. The summed E-state index contributed by atoms with van der Waals surface area (Å²) < 4.78 is 5.25. The van der Waals surface area contributed by atoms with Gasteiger partial charge in [-0.25, -0.2) is 0 Å². The number of hydrogen-bond acceptors (Lipinski definition) is 3. The molecule has 0 aliphatic heterocycles. The summed E-state index contributed by atoms with van der Waals surface area (Å²) in [6, 6.07) is 25.9. The number of aromatic hydroxyl groups is 1. The van der Waals surface area contributed by atoms with E-state index in [4.69, 9.17) is 4.74 Å². The fourth-order valence-corrected chi connectivity index (χ4v) is 3.65. The zero-order valence-corrected chi connectivity index (χ0v) is 16.9. The molecule has 1 amide bonds. The van der Waals surface area contributed by atoms with Gasteiger partial charge in [-0.15, -0.1) is 0 Å². The van der Waals surface area contributed by atoms with Crippen LogP contribution in [0.2, 0.25) is 0 Å². The van der Waals surface area contributed by atoms with Crippen LogP contribution in [0.3, 0.4) is 0 Å². The predicted octanol–water partition coefficient (Wildman–Crippen LogP) is 5.38. The van der Waals surface area contributed by atoms with Gasteiger partial charge >= 0.3 is 0 Å². The zero-order valence-electron chi connectivity index (χ0n) is 16.9. The summed E-state index contributed by atoms with van der Waals surface area (Å²) >= 11 is 0. The Morgan fingerprint density at radius 3 is 2.47 bits per heavy atom. The number of carbonyl (C=O) groups is 1. The summed E-state index contributed by atoms with van der Waals surface area (Å²) in [6.45, 7) is 2.02. The van der Waals surface area contributed by atoms with Gasteiger partial charge in [-0.2, -0.15) is 0 Å². The van der Waals surface area contributed by atoms with Crippen LogP contribution in [0.15, 0.2) is 84.9 Å². The van der Waals surface area contributed by atoms with Crippen LogP contribution in [-0.4, -0.2) is 18.1 Å². The van der Waals surface area contributed by atoms with E-state index in [0.29, 0.717) is 16.9 Å². The van der Waals surface area contributed by atoms with Crippen LogP contribution in [0.4, 0.5) is 0 Å². The highest BCUT2D eigenvalue weighted by Gasteiger charge is 2.23. The molecule has 4 nitrogen and oxygen atoms in total. The van der Waals surface area contributed by atoms with Crippen LogP contribution in [-0.2, 0) is 0 Å². The van der Waals surface area contributed by atoms with Crippen molar-refractivity contribution >= 4 is 16.7 Å². The number of aryl methyl sites for hydroxylation is 1. The molecule has 0 heterocycles. The lowest BCUT2D eigenvalue weighted by molar-refractivity contribution is 0.0942. The molecule has 4 heteroatoms. The number of ether oxygens (including phenoxy) is 1. The number of fused-ring (bicyclic) bond motifs is 1. The molecule has 150 valence electrons. The van der Waals surface area contributed by atoms with Crippen molar-refractivity contribution in [2.75, 3.05) is 7.11 Å². The van der Waals surface area contributed by atoms with E-state index >= 15 is 0 Å². The van der Waals surface area contributed by atoms with Crippen molar-refractivity contribution in [2.24, 2.45) is 0 Å². The minimum Gasteiger partial charge on any atom is -0.508 e. The number of methoxy groups -OCH3 is 1. The maximum atomic E-state index is 13.1. The molecule has 1 atom stereocenters. The van der Waals surface area contributed by atoms with E-state index in [2.05, 4.69) is 5.32 Å². The van der Waals surface area contributed by atoms with Gasteiger partial charge in [-0.1, -0.05) is 66.2 Å². The Kier molecular flexibility index (Phi) is 5.40. The topological polar surface area (TPSA) is 58.6 Å². The van der Waals surface area contributed by atoms with Crippen molar-refractivity contribution < 1.29 is 14.6 Å². The average Bonchev–Trinajstić information content (AvgIpc) is 2.78. The number of amides is 1. The molecule has 0 saturated carbocycles. The molecule has 0 radical (unpaired) electrons. The standard InChI is InChI=1S/C26H23NO3/c1-17-10-12-19(13-11-17)25(27-26(29)20-7-5-8-21(16-20)30-2)24-22-9-4-3-6-18(22)14-15-23(24)28/h3-16,25,28H,1-2H3,(H,27,29)/t25-/m0/s1. The van der Waals surface area contributed by atoms with E-state index in [9.17, 15) is 9.90 Å². The van der Waals surface area contributed by atoms with Gasteiger partial charge in [0.05, 0.1) is 13.2 Å². The summed E-state index contributed by atoms with van der Waals surface area (Å²) in [7, 11) is 1.57. The van der Waals surface area contributed by atoms with Crippen molar-refractivity contribution in [3.05, 3.63) is 107 Å². The van der Waals surface area contributed by atoms with Gasteiger partial charge in [-0.3, -0.25) is 4.79 Å². The van der Waals surface area contributed by atoms with Gasteiger partial charge in [0, 0.05) is 11.1 Å². The minimum absolute atomic E-state index is 0.144. The molecule has 2 N–H and O–H groups in total. The predicted molar refractivity (Wildman–Crippen MR) is 119 cm³/mol. The van der Waals surface area contributed by atoms with Crippen molar-refractivity contribution in [1.29, 1.82) is 0 Å². The number of hydrogen-bond donors (Lipinski definition) is 2. The van der Waals surface area contributed by atoms with E-state index in [-0.39, 0.29) is 11.7 Å². The van der Waals surface area contributed by atoms with Crippen molar-refractivity contribution in [1.82, 2.24) is 5.32 Å². The Labute approximate surface area is 175 Å². The second kappa shape index (κ2) is 8.29. The Morgan fingerprint density at radius 2 is 1.70 bits per heavy atom. The number of phenolic OH excluding ortho intramolecular Hbond substituents is 1. The number of benzene rings is 4. The zero-order chi connectivity index (χ0) is 21.1. The molecule has 0 bridgehead atoms. The molecule has 4 aromatic carbocycles. The SMILES string of the molecule is COc1cccc(C(=O)N[C@@H](c2ccc(C)cc2)c2c(O)ccc3ccccc23)c1. The van der Waals surface area contributed by atoms with Crippen molar-refractivity contribution in [3.63, 3.8) is 0 Å². The number of rotatable bonds is 5. The fourth-order valence-electron chi connectivity index (χ4n) is 3.65. The van der Waals surface area contributed by atoms with Gasteiger partial charge in [0.15, 0.2) is 0 Å². The quantitative estimate of drug-likeness (QED) is 0.475. The Hall–Kier alpha value is -3.79. The minimum atomic E-state index is -0.518. The van der Waals surface area contributed by atoms with Crippen LogP contribution in [0.1, 0.15) is 33.1 Å². The van der Waals surface area contributed by atoms with Crippen LogP contribution >= 0.6 is 0 Å². The first-order valence-electron chi connectivity index (χ1n) is 9.79. The van der Waals surface area contributed by atoms with Gasteiger partial charge in [0.1, 0.15) is 11.5 Å². The lowest BCUT2D eigenvalue weighted by Gasteiger charge is -2.23. The normalized spacial score (nSPS) is 11.8. The third kappa shape index (κ3) is 3.85. The van der Waals surface area contributed by atoms with Crippen LogP contribution in [0.5, 0.6) is 11.5 Å². The molecular weight excluding hydrogens is 374 g/mol. The van der Waals surface area contributed by atoms with E-state index in [1.807, 2.05) is 61.5 Å². The smallest absolute Gasteiger partial charge is 0.252 e. The second-order valence-corrected chi connectivity index (χ2v) is 7.27. The number of carbonyl (C=O) groups excluding carboxylic acids is 1. The lowest BCUT2D eigenvalue weighted by atomic mass is 9.92. The van der Waals surface area contributed by atoms with Crippen molar-refractivity contribution in [3.8, 4) is 11.5 Å². The number of phenols is 1. The number of nitrogens with one attached hydrogen (secondary N) is 1. The highest BCUT2D eigenvalue weighted by Crippen LogP contribution is 2.36. The summed E-state index contributed by atoms with van der Waals surface area (Å²) in [5.41, 5.74) is 3.18. The molecule has 4 aromatic rings. The van der Waals surface area contributed by atoms with Gasteiger partial charge < -0.3 is 15.2 Å². The van der Waals surface area contributed by atoms with Gasteiger partial charge in [0.2, 0.25) is 0 Å². The third-order valence-corrected chi connectivity index (χ3v) is 5.25. The summed E-state index contributed by atoms with van der Waals surface area (Å²) in [5, 5.41) is 15.8. The molecular formula is C26H23NO3. The van der Waals surface area contributed by atoms with Crippen molar-refractivity contribution in [2.45, 2.75) is 13.0 Å². The highest BCUT2D eigenvalue weighted by molar-refractivity contribution is 5.96. The van der Waals surface area contributed by atoms with Crippen LogP contribution < -0.4 is 10.1 Å². The first-order valence-corrected chi connectivity index (χ1v) is 9.79. The molecule has 0 unspecified atom stereocenters. The largest absolute Gasteiger partial charge is 0.508 e. The summed E-state index contributed by atoms with van der Waals surface area (Å²) in [5.74, 6) is 0.513. The van der Waals surface area contributed by atoms with E-state index in [0.717, 1.165) is 21.9 Å². The Morgan fingerprint density at radius 1 is 0.933 bits per heavy atom. The molecule has 0 spiro atoms. The van der Waals surface area contributed by atoms with E-state index in [1.165, 1.54) is 0 Å². The van der Waals surface area contributed by atoms with Gasteiger partial charge in [0.25, 0.3) is 5.91 Å². The molecule has 30 heavy (non-hydrogen) atoms. The third-order valence-electron chi connectivity index (χ3n) is 5.25. The van der Waals surface area contributed by atoms with E-state index in [1.54, 1.807) is 37.4 Å². The lowest BCUT2D eigenvalue weighted by Crippen LogP contribution is -2.29. The molecule has 0 aliphatic rings. The maximum absolute atomic E-state index is 13.1. The van der Waals surface area contributed by atoms with E-state index < -0.39 is 6.04 Å². The highest BCUT2D eigenvalue weighted by atomic mass is 16.5. The summed E-state index contributed by atoms with van der Waals surface area (Å²) in [6.07, 6.45) is 0. The fraction of sp³-hybridized carbons (Fsp3) is 0.115.